The van der Waals surface area contributed by atoms with Crippen LogP contribution < -0.4 is 14.4 Å². The summed E-state index contributed by atoms with van der Waals surface area (Å²) >= 11 is 5.86. The van der Waals surface area contributed by atoms with Gasteiger partial charge in [-0.05, 0) is 55.3 Å². The zero-order valence-electron chi connectivity index (χ0n) is 16.0. The lowest BCUT2D eigenvalue weighted by Gasteiger charge is -2.22. The van der Waals surface area contributed by atoms with Crippen LogP contribution in [0.4, 0.5) is 5.69 Å². The molecule has 2 rings (SSSR count). The minimum Gasteiger partial charge on any atom is -0.494 e. The van der Waals surface area contributed by atoms with Crippen LogP contribution in [0.1, 0.15) is 25.3 Å². The smallest absolute Gasteiger partial charge is 0.232 e. The molecule has 1 N–H and O–H groups in total. The number of anilines is 1. The van der Waals surface area contributed by atoms with Crippen molar-refractivity contribution >= 4 is 33.2 Å². The Hall–Kier alpha value is -2.25. The van der Waals surface area contributed by atoms with Crippen LogP contribution in [0.25, 0.3) is 0 Å². The van der Waals surface area contributed by atoms with Gasteiger partial charge >= 0.3 is 0 Å². The molecule has 0 saturated heterocycles. The predicted octanol–water partition coefficient (Wildman–Crippen LogP) is 3.60. The molecule has 0 spiro atoms. The van der Waals surface area contributed by atoms with Crippen LogP contribution in [-0.2, 0) is 21.4 Å². The predicted molar refractivity (Wildman–Crippen MR) is 112 cm³/mol. The summed E-state index contributed by atoms with van der Waals surface area (Å²) in [6.07, 6.45) is 1.78. The van der Waals surface area contributed by atoms with Crippen molar-refractivity contribution in [3.05, 3.63) is 59.1 Å². The van der Waals surface area contributed by atoms with Gasteiger partial charge in [-0.3, -0.25) is 9.10 Å². The van der Waals surface area contributed by atoms with Crippen LogP contribution in [0.3, 0.4) is 0 Å². The number of nitrogens with zero attached hydrogens (tertiary/aromatic N) is 1. The number of carbonyl (C=O) groups is 1. The number of hydrogen-bond acceptors (Lipinski definition) is 4. The number of rotatable bonds is 10. The average molecular weight is 425 g/mol. The van der Waals surface area contributed by atoms with Crippen molar-refractivity contribution < 1.29 is 17.9 Å². The number of benzene rings is 2. The molecule has 2 aromatic carbocycles. The number of carbonyl (C=O) groups excluding carboxylic acids is 1. The maximum atomic E-state index is 12.1. The Bertz CT molecular complexity index is 885. The summed E-state index contributed by atoms with van der Waals surface area (Å²) in [5, 5.41) is 3.38. The molecule has 0 saturated carbocycles. The Morgan fingerprint density at radius 2 is 1.89 bits per heavy atom. The SMILES string of the molecule is CCOc1cccc(CNC(=O)CCCN(c2ccc(Cl)cc2)S(C)(=O)=O)c1. The molecule has 6 nitrogen and oxygen atoms in total. The standard InChI is InChI=1S/C20H25ClN2O4S/c1-3-27-19-7-4-6-16(14-19)15-22-20(24)8-5-13-23(28(2,25)26)18-11-9-17(21)10-12-18/h4,6-7,9-12,14H,3,5,8,13,15H2,1-2H3,(H,22,24). The van der Waals surface area contributed by atoms with Gasteiger partial charge in [-0.15, -0.1) is 0 Å². The molecule has 0 aliphatic rings. The molecule has 8 heteroatoms. The van der Waals surface area contributed by atoms with Crippen LogP contribution in [0.2, 0.25) is 5.02 Å². The fraction of sp³-hybridized carbons (Fsp3) is 0.350. The summed E-state index contributed by atoms with van der Waals surface area (Å²) in [5.74, 6) is 0.632. The molecule has 28 heavy (non-hydrogen) atoms. The van der Waals surface area contributed by atoms with Gasteiger partial charge in [-0.1, -0.05) is 23.7 Å². The highest BCUT2D eigenvalue weighted by molar-refractivity contribution is 7.92. The van der Waals surface area contributed by atoms with Gasteiger partial charge in [-0.2, -0.15) is 0 Å². The molecule has 0 aromatic heterocycles. The van der Waals surface area contributed by atoms with E-state index >= 15 is 0 Å². The number of hydrogen-bond donors (Lipinski definition) is 1. The molecular weight excluding hydrogens is 400 g/mol. The van der Waals surface area contributed by atoms with E-state index in [0.717, 1.165) is 17.6 Å². The fourth-order valence-corrected chi connectivity index (χ4v) is 3.77. The molecule has 1 amide bonds. The lowest BCUT2D eigenvalue weighted by Crippen LogP contribution is -2.32. The van der Waals surface area contributed by atoms with Gasteiger partial charge in [0.05, 0.1) is 18.6 Å². The van der Waals surface area contributed by atoms with Crippen molar-refractivity contribution in [1.82, 2.24) is 5.32 Å². The summed E-state index contributed by atoms with van der Waals surface area (Å²) < 4.78 is 30.9. The van der Waals surface area contributed by atoms with E-state index in [4.69, 9.17) is 16.3 Å². The summed E-state index contributed by atoms with van der Waals surface area (Å²) in [5.41, 5.74) is 1.47. The Balaban J connectivity index is 1.85. The van der Waals surface area contributed by atoms with Crippen LogP contribution in [-0.4, -0.2) is 33.7 Å². The van der Waals surface area contributed by atoms with Crippen molar-refractivity contribution in [3.8, 4) is 5.75 Å². The Morgan fingerprint density at radius 1 is 1.18 bits per heavy atom. The first-order valence-corrected chi connectivity index (χ1v) is 11.2. The second-order valence-electron chi connectivity index (χ2n) is 6.27. The molecule has 152 valence electrons. The van der Waals surface area contributed by atoms with Crippen LogP contribution >= 0.6 is 11.6 Å². The first-order chi connectivity index (χ1) is 13.3. The van der Waals surface area contributed by atoms with Gasteiger partial charge in [0.15, 0.2) is 0 Å². The maximum absolute atomic E-state index is 12.1. The molecule has 0 radical (unpaired) electrons. The minimum atomic E-state index is -3.45. The van der Waals surface area contributed by atoms with E-state index in [1.54, 1.807) is 24.3 Å². The van der Waals surface area contributed by atoms with E-state index < -0.39 is 10.0 Å². The largest absolute Gasteiger partial charge is 0.494 e. The third kappa shape index (κ3) is 7.05. The highest BCUT2D eigenvalue weighted by atomic mass is 35.5. The van der Waals surface area contributed by atoms with E-state index in [2.05, 4.69) is 5.32 Å². The van der Waals surface area contributed by atoms with Gasteiger partial charge in [0, 0.05) is 24.5 Å². The second-order valence-corrected chi connectivity index (χ2v) is 8.62. The van der Waals surface area contributed by atoms with Crippen molar-refractivity contribution in [3.63, 3.8) is 0 Å². The zero-order valence-corrected chi connectivity index (χ0v) is 17.6. The van der Waals surface area contributed by atoms with E-state index in [1.165, 1.54) is 4.31 Å². The van der Waals surface area contributed by atoms with Crippen molar-refractivity contribution in [1.29, 1.82) is 0 Å². The Kier molecular flexibility index (Phi) is 8.14. The Labute approximate surface area is 171 Å². The zero-order chi connectivity index (χ0) is 20.6. The third-order valence-corrected chi connectivity index (χ3v) is 5.43. The number of sulfonamides is 1. The van der Waals surface area contributed by atoms with Crippen LogP contribution in [0, 0.1) is 0 Å². The van der Waals surface area contributed by atoms with Gasteiger partial charge in [0.25, 0.3) is 0 Å². The maximum Gasteiger partial charge on any atom is 0.232 e. The second kappa shape index (κ2) is 10.3. The Morgan fingerprint density at radius 3 is 2.54 bits per heavy atom. The molecular formula is C20H25ClN2O4S. The average Bonchev–Trinajstić information content (AvgIpc) is 2.64. The highest BCUT2D eigenvalue weighted by Gasteiger charge is 2.17. The lowest BCUT2D eigenvalue weighted by molar-refractivity contribution is -0.121. The summed E-state index contributed by atoms with van der Waals surface area (Å²) in [6.45, 7) is 3.11. The number of nitrogens with one attached hydrogen (secondary N) is 1. The van der Waals surface area contributed by atoms with E-state index in [-0.39, 0.29) is 18.9 Å². The van der Waals surface area contributed by atoms with Crippen molar-refractivity contribution in [2.45, 2.75) is 26.3 Å². The van der Waals surface area contributed by atoms with Crippen molar-refractivity contribution in [2.75, 3.05) is 23.7 Å². The molecule has 2 aromatic rings. The molecule has 0 aliphatic heterocycles. The van der Waals surface area contributed by atoms with Crippen LogP contribution in [0.5, 0.6) is 5.75 Å². The summed E-state index contributed by atoms with van der Waals surface area (Å²) in [4.78, 5) is 12.1. The number of amides is 1. The fourth-order valence-electron chi connectivity index (χ4n) is 2.68. The third-order valence-electron chi connectivity index (χ3n) is 3.98. The molecule has 0 bridgehead atoms. The lowest BCUT2D eigenvalue weighted by atomic mass is 10.2. The number of halogens is 1. The monoisotopic (exact) mass is 424 g/mol. The first kappa shape index (κ1) is 22.0. The quantitative estimate of drug-likeness (QED) is 0.632. The van der Waals surface area contributed by atoms with E-state index in [1.807, 2.05) is 31.2 Å². The van der Waals surface area contributed by atoms with Crippen molar-refractivity contribution in [2.24, 2.45) is 0 Å². The molecule has 0 atom stereocenters. The minimum absolute atomic E-state index is 0.133. The molecule has 0 fully saturated rings. The van der Waals surface area contributed by atoms with Gasteiger partial charge in [-0.25, -0.2) is 8.42 Å². The topological polar surface area (TPSA) is 75.7 Å². The first-order valence-electron chi connectivity index (χ1n) is 9.01. The molecule has 0 heterocycles. The highest BCUT2D eigenvalue weighted by Crippen LogP contribution is 2.21. The normalized spacial score (nSPS) is 11.1. The molecule has 0 unspecified atom stereocenters. The van der Waals surface area contributed by atoms with Crippen LogP contribution in [0.15, 0.2) is 48.5 Å². The van der Waals surface area contributed by atoms with Gasteiger partial charge < -0.3 is 10.1 Å². The molecule has 0 aliphatic carbocycles. The summed E-state index contributed by atoms with van der Waals surface area (Å²) in [7, 11) is -3.45. The summed E-state index contributed by atoms with van der Waals surface area (Å²) in [6, 6.07) is 14.1. The van der Waals surface area contributed by atoms with E-state index in [0.29, 0.717) is 30.3 Å². The number of ether oxygens (including phenoxy) is 1. The van der Waals surface area contributed by atoms with Gasteiger partial charge in [0.2, 0.25) is 15.9 Å². The van der Waals surface area contributed by atoms with Gasteiger partial charge in [0.1, 0.15) is 5.75 Å². The van der Waals surface area contributed by atoms with E-state index in [9.17, 15) is 13.2 Å².